The van der Waals surface area contributed by atoms with Gasteiger partial charge in [0.2, 0.25) is 0 Å². The first kappa shape index (κ1) is 4.77. The standard InChI is InChI=1S/C7H9O.C5H5.Fe/c1-6-4-3-5-7(6)8-2;1-2-4-5-3-1;/h3-5H,1-2H3;1-5H;. The van der Waals surface area contributed by atoms with Crippen molar-refractivity contribution in [3.05, 3.63) is 0 Å². The molecule has 0 aromatic carbocycles. The summed E-state index contributed by atoms with van der Waals surface area (Å²) in [5.74, 6) is 0. The van der Waals surface area contributed by atoms with Gasteiger partial charge in [0, 0.05) is 0 Å². The number of hydrogen-bond donors (Lipinski definition) is 0. The van der Waals surface area contributed by atoms with Gasteiger partial charge < -0.3 is 0 Å². The fourth-order valence-electron chi connectivity index (χ4n) is 18.0. The topological polar surface area (TPSA) is 9.23 Å². The Hall–Kier alpha value is 0.479. The summed E-state index contributed by atoms with van der Waals surface area (Å²) in [4.78, 5) is 11.1. The Kier molecular flexibility index (Phi) is 0.105. The maximum absolute atomic E-state index is 6.33. The quantitative estimate of drug-likeness (QED) is 0.628. The fraction of sp³-hybridized carbons (Fsp3) is 1.00. The van der Waals surface area contributed by atoms with Crippen molar-refractivity contribution >= 4 is 0 Å². The van der Waals surface area contributed by atoms with E-state index in [1.54, 1.807) is 0 Å². The van der Waals surface area contributed by atoms with Gasteiger partial charge in [0.15, 0.2) is 0 Å². The van der Waals surface area contributed by atoms with Crippen LogP contribution in [-0.4, -0.2) is 11.6 Å². The van der Waals surface area contributed by atoms with Gasteiger partial charge >= 0.3 is 72.6 Å². The molecule has 0 aliphatic carbocycles. The van der Waals surface area contributed by atoms with Crippen LogP contribution < -0.4 is 0 Å². The van der Waals surface area contributed by atoms with Crippen molar-refractivity contribution in [2.24, 2.45) is 0 Å². The Morgan fingerprint density at radius 3 is 1.57 bits per heavy atom. The molecule has 10 aliphatic rings. The minimum atomic E-state index is -2.89. The molecule has 10 fully saturated rings. The van der Waals surface area contributed by atoms with Gasteiger partial charge in [-0.2, -0.15) is 0 Å². The predicted octanol–water partition coefficient (Wildman–Crippen LogP) is 3.32. The summed E-state index contributed by atoms with van der Waals surface area (Å²) >= 11 is 0. The van der Waals surface area contributed by atoms with E-state index in [0.29, 0.717) is 4.50 Å². The summed E-state index contributed by atoms with van der Waals surface area (Å²) in [5.41, 5.74) is 0. The predicted molar refractivity (Wildman–Crippen MR) is 48.1 cm³/mol. The summed E-state index contributed by atoms with van der Waals surface area (Å²) in [6.07, 6.45) is 0. The fourth-order valence-corrected chi connectivity index (χ4v) is 93.9. The van der Waals surface area contributed by atoms with Gasteiger partial charge in [-0.1, -0.05) is 0 Å². The normalized spacial score (nSPS) is 148. The molecule has 0 bridgehead atoms. The molecule has 5 unspecified atom stereocenters. The van der Waals surface area contributed by atoms with E-state index in [2.05, 4.69) is 14.0 Å². The van der Waals surface area contributed by atoms with E-state index < -0.39 is 6.51 Å². The summed E-state index contributed by atoms with van der Waals surface area (Å²) in [5, 5.41) is 0. The maximum atomic E-state index is 6.33. The second-order valence-electron chi connectivity index (χ2n) is 10.2. The van der Waals surface area contributed by atoms with Crippen LogP contribution in [0, 0.1) is 0 Å². The van der Waals surface area contributed by atoms with Crippen molar-refractivity contribution in [2.75, 3.05) is 7.11 Å². The van der Waals surface area contributed by atoms with Crippen LogP contribution >= 0.6 is 0 Å². The van der Waals surface area contributed by atoms with E-state index >= 15 is 0 Å². The molecule has 14 heavy (non-hydrogen) atoms. The van der Waals surface area contributed by atoms with Gasteiger partial charge in [0.05, 0.1) is 0 Å². The molecule has 10 rings (SSSR count). The molecule has 0 radical (unpaired) electrons. The van der Waals surface area contributed by atoms with Crippen LogP contribution in [-0.2, 0) is 11.2 Å². The average molecular weight is 230 g/mol. The number of hydrogen-bond acceptors (Lipinski definition) is 1. The molecule has 0 saturated carbocycles. The van der Waals surface area contributed by atoms with E-state index in [9.17, 15) is 0 Å². The summed E-state index contributed by atoms with van der Waals surface area (Å²) < 4.78 is 7.92. The zero-order valence-corrected chi connectivity index (χ0v) is 9.48. The van der Waals surface area contributed by atoms with Gasteiger partial charge in [0.1, 0.15) is 0 Å². The van der Waals surface area contributed by atoms with Crippen molar-refractivity contribution in [1.29, 1.82) is 0 Å². The van der Waals surface area contributed by atoms with Crippen LogP contribution in [0.2, 0.25) is 42.8 Å². The van der Waals surface area contributed by atoms with Gasteiger partial charge in [-0.3, -0.25) is 0 Å². The molecule has 10 aliphatic heterocycles. The van der Waals surface area contributed by atoms with Gasteiger partial charge in [-0.05, 0) is 0 Å². The second kappa shape index (κ2) is 0.309. The molecule has 0 aromatic rings. The monoisotopic (exact) mass is 230 g/mol. The number of rotatable bonds is 1. The molecule has 1 nitrogen and oxygen atoms in total. The van der Waals surface area contributed by atoms with Crippen LogP contribution in [0.25, 0.3) is 0 Å². The summed E-state index contributed by atoms with van der Waals surface area (Å²) in [6, 6.07) is 0. The molecule has 0 amide bonds. The molecule has 1 spiro atoms. The van der Waals surface area contributed by atoms with E-state index in [0.717, 1.165) is 4.31 Å². The molecule has 2 heteroatoms. The first-order valence-electron chi connectivity index (χ1n) is 6.26. The van der Waals surface area contributed by atoms with E-state index in [1.165, 1.54) is 38.5 Å². The Morgan fingerprint density at radius 1 is 0.929 bits per heavy atom. The third-order valence-electron chi connectivity index (χ3n) is 15.8. The van der Waals surface area contributed by atoms with E-state index in [4.69, 9.17) is 4.74 Å². The number of methoxy groups -OCH3 is 1. The Bertz CT molecular complexity index is 887. The summed E-state index contributed by atoms with van der Waals surface area (Å²) in [6.45, 7) is -0.161. The van der Waals surface area contributed by atoms with Crippen LogP contribution in [0.3, 0.4) is 0 Å². The zero-order valence-electron chi connectivity index (χ0n) is 8.38. The van der Waals surface area contributed by atoms with Gasteiger partial charge in [-0.15, -0.1) is 0 Å². The third-order valence-corrected chi connectivity index (χ3v) is 59.6. The first-order chi connectivity index (χ1) is 6.50. The molecule has 0 N–H and O–H groups in total. The number of ether oxygens (including phenoxy) is 1. The van der Waals surface area contributed by atoms with Crippen molar-refractivity contribution in [3.63, 3.8) is 0 Å². The second-order valence-corrected chi connectivity index (χ2v) is 33.7. The van der Waals surface area contributed by atoms with E-state index in [1.807, 2.05) is 0 Å². The first-order valence-corrected chi connectivity index (χ1v) is 12.5. The minimum absolute atomic E-state index is 0.673. The Morgan fingerprint density at radius 2 is 1.50 bits per heavy atom. The zero-order chi connectivity index (χ0) is 8.64. The Labute approximate surface area is 72.9 Å². The molecule has 10 saturated heterocycles. The van der Waals surface area contributed by atoms with Crippen molar-refractivity contribution in [1.82, 2.24) is 0 Å². The van der Waals surface area contributed by atoms with Crippen molar-refractivity contribution in [2.45, 2.75) is 54.3 Å². The van der Waals surface area contributed by atoms with Crippen LogP contribution in [0.4, 0.5) is 0 Å². The average Bonchev–Trinajstić information content (AvgIpc) is 3.11. The van der Waals surface area contributed by atoms with Gasteiger partial charge in [-0.25, -0.2) is 0 Å². The number of fused-ring (bicyclic) bond motifs is 10. The molecule has 10 heterocycles. The van der Waals surface area contributed by atoms with Crippen molar-refractivity contribution < 1.29 is 11.2 Å². The third kappa shape index (κ3) is 0.0310. The molecule has 5 atom stereocenters. The van der Waals surface area contributed by atoms with Crippen molar-refractivity contribution in [3.8, 4) is 0 Å². The Balaban J connectivity index is 2.02. The molecular weight excluding hydrogens is 216 g/mol. The molecular formula is C12H14FeO. The van der Waals surface area contributed by atoms with Crippen LogP contribution in [0.5, 0.6) is 0 Å². The van der Waals surface area contributed by atoms with Crippen LogP contribution in [0.1, 0.15) is 6.92 Å². The van der Waals surface area contributed by atoms with Gasteiger partial charge in [0.25, 0.3) is 0 Å². The molecule has 0 aromatic heterocycles. The molecule has 76 valence electrons. The SMILES string of the molecule is CO[C]12[CH]3[CH]4[CH]5[C]1(C)[Fe]45321678[CH]2[CH]1[CH]6[CH]7[CH]28. The van der Waals surface area contributed by atoms with Crippen LogP contribution in [0.15, 0.2) is 0 Å². The van der Waals surface area contributed by atoms with E-state index in [-0.39, 0.29) is 0 Å². The summed E-state index contributed by atoms with van der Waals surface area (Å²) in [7, 11) is 2.09.